The lowest BCUT2D eigenvalue weighted by atomic mass is 9.85. The summed E-state index contributed by atoms with van der Waals surface area (Å²) in [6, 6.07) is 0. The van der Waals surface area contributed by atoms with Gasteiger partial charge >= 0.3 is 5.97 Å². The highest BCUT2D eigenvalue weighted by molar-refractivity contribution is 7.15. The number of anilines is 1. The van der Waals surface area contributed by atoms with E-state index in [4.69, 9.17) is 17.0 Å². The van der Waals surface area contributed by atoms with Crippen molar-refractivity contribution in [1.29, 1.82) is 5.41 Å². The molecule has 1 aromatic rings. The minimum atomic E-state index is -0.952. The van der Waals surface area contributed by atoms with E-state index in [1.54, 1.807) is 6.20 Å². The highest BCUT2D eigenvalue weighted by Crippen LogP contribution is 2.27. The molecule has 1 aromatic heterocycles. The molecule has 0 aliphatic carbocycles. The van der Waals surface area contributed by atoms with Crippen LogP contribution in [0.1, 0.15) is 24.6 Å². The first-order valence-electron chi connectivity index (χ1n) is 6.11. The van der Waals surface area contributed by atoms with Crippen molar-refractivity contribution in [2.45, 2.75) is 26.2 Å². The molecule has 1 rings (SSSR count). The molecule has 0 unspecified atom stereocenters. The molecule has 0 fully saturated rings. The van der Waals surface area contributed by atoms with Crippen molar-refractivity contribution in [3.05, 3.63) is 11.1 Å². The Kier molecular flexibility index (Phi) is 6.04. The van der Waals surface area contributed by atoms with Crippen LogP contribution in [0, 0.1) is 17.2 Å². The smallest absolute Gasteiger partial charge is 0.307 e. The van der Waals surface area contributed by atoms with Crippen LogP contribution in [0.25, 0.3) is 0 Å². The van der Waals surface area contributed by atoms with Gasteiger partial charge in [-0.2, -0.15) is 0 Å². The molecule has 20 heavy (non-hydrogen) atoms. The molecule has 0 saturated carbocycles. The summed E-state index contributed by atoms with van der Waals surface area (Å²) < 4.78 is 0. The lowest BCUT2D eigenvalue weighted by Gasteiger charge is -2.21. The molecule has 0 amide bonds. The van der Waals surface area contributed by atoms with Gasteiger partial charge in [0.1, 0.15) is 5.84 Å². The Bertz CT molecular complexity index is 501. The number of rotatable bonds is 7. The Labute approximate surface area is 120 Å². The van der Waals surface area contributed by atoms with Gasteiger partial charge in [0.05, 0.1) is 5.92 Å². The largest absolute Gasteiger partial charge is 0.481 e. The van der Waals surface area contributed by atoms with E-state index in [2.05, 4.69) is 15.3 Å². The summed E-state index contributed by atoms with van der Waals surface area (Å²) in [7, 11) is 0. The number of carboxylic acid groups (broad SMARTS) is 1. The molecule has 0 saturated heterocycles. The number of thiazole rings is 1. The molecular formula is C11H18N6O2S. The number of nitrogen functional groups attached to an aromatic ring is 1. The molecular weight excluding hydrogens is 280 g/mol. The van der Waals surface area contributed by atoms with E-state index in [0.29, 0.717) is 24.4 Å². The van der Waals surface area contributed by atoms with Gasteiger partial charge in [-0.3, -0.25) is 10.2 Å². The Morgan fingerprint density at radius 1 is 1.60 bits per heavy atom. The minimum Gasteiger partial charge on any atom is -0.481 e. The maximum Gasteiger partial charge on any atom is 0.307 e. The van der Waals surface area contributed by atoms with Crippen LogP contribution >= 0.6 is 11.3 Å². The van der Waals surface area contributed by atoms with Crippen LogP contribution in [-0.2, 0) is 11.2 Å². The third-order valence-corrected chi connectivity index (χ3v) is 3.76. The average molecular weight is 298 g/mol. The third kappa shape index (κ3) is 4.26. The number of nitrogens with two attached hydrogens (primary N) is 2. The number of hydrogen-bond acceptors (Lipinski definition) is 6. The zero-order valence-corrected chi connectivity index (χ0v) is 11.9. The van der Waals surface area contributed by atoms with Gasteiger partial charge in [-0.05, 0) is 12.8 Å². The number of nitrogens with one attached hydrogen (secondary N) is 1. The van der Waals surface area contributed by atoms with Gasteiger partial charge in [0.2, 0.25) is 0 Å². The Hall–Kier alpha value is -2.03. The van der Waals surface area contributed by atoms with Crippen molar-refractivity contribution in [1.82, 2.24) is 4.98 Å². The van der Waals surface area contributed by atoms with Crippen LogP contribution in [-0.4, -0.2) is 21.9 Å². The molecule has 1 heterocycles. The first-order chi connectivity index (χ1) is 9.49. The number of aliphatic carboxylic acids is 1. The van der Waals surface area contributed by atoms with Crippen molar-refractivity contribution in [3.63, 3.8) is 0 Å². The first-order valence-corrected chi connectivity index (χ1v) is 6.93. The highest BCUT2D eigenvalue weighted by Gasteiger charge is 2.31. The molecule has 0 radical (unpaired) electrons. The second kappa shape index (κ2) is 7.53. The lowest BCUT2D eigenvalue weighted by molar-refractivity contribution is -0.143. The second-order valence-corrected chi connectivity index (χ2v) is 5.46. The minimum absolute atomic E-state index is 0.139. The molecule has 0 aromatic carbocycles. The van der Waals surface area contributed by atoms with Crippen LogP contribution < -0.4 is 11.6 Å². The highest BCUT2D eigenvalue weighted by atomic mass is 32.1. The summed E-state index contributed by atoms with van der Waals surface area (Å²) in [6.45, 7) is 1.89. The molecule has 0 bridgehead atoms. The van der Waals surface area contributed by atoms with E-state index in [1.165, 1.54) is 11.3 Å². The van der Waals surface area contributed by atoms with Gasteiger partial charge < -0.3 is 16.7 Å². The van der Waals surface area contributed by atoms with Crippen LogP contribution in [0.2, 0.25) is 0 Å². The van der Waals surface area contributed by atoms with Gasteiger partial charge in [-0.25, -0.2) is 4.98 Å². The Morgan fingerprint density at radius 3 is 2.75 bits per heavy atom. The molecule has 110 valence electrons. The summed E-state index contributed by atoms with van der Waals surface area (Å²) in [6.07, 6.45) is 3.08. The van der Waals surface area contributed by atoms with Gasteiger partial charge in [-0.15, -0.1) is 16.5 Å². The lowest BCUT2D eigenvalue weighted by Crippen LogP contribution is -2.30. The number of aromatic nitrogens is 1. The molecule has 0 aliphatic heterocycles. The molecule has 9 heteroatoms. The predicted molar refractivity (Wildman–Crippen MR) is 76.5 cm³/mol. The fourth-order valence-corrected chi connectivity index (χ4v) is 2.75. The molecule has 2 atom stereocenters. The van der Waals surface area contributed by atoms with Gasteiger partial charge in [0.15, 0.2) is 5.13 Å². The number of amidine groups is 1. The van der Waals surface area contributed by atoms with Gasteiger partial charge in [-0.1, -0.05) is 18.6 Å². The zero-order chi connectivity index (χ0) is 15.1. The van der Waals surface area contributed by atoms with Gasteiger partial charge in [0.25, 0.3) is 0 Å². The molecule has 6 N–H and O–H groups in total. The fraction of sp³-hybridized carbons (Fsp3) is 0.545. The third-order valence-electron chi connectivity index (χ3n) is 2.91. The maximum atomic E-state index is 11.4. The van der Waals surface area contributed by atoms with E-state index >= 15 is 0 Å². The fourth-order valence-electron chi connectivity index (χ4n) is 2.01. The summed E-state index contributed by atoms with van der Waals surface area (Å²) in [5.74, 6) is 2.56. The van der Waals surface area contributed by atoms with Crippen LogP contribution in [0.4, 0.5) is 5.13 Å². The summed E-state index contributed by atoms with van der Waals surface area (Å²) in [4.78, 5) is 16.1. The average Bonchev–Trinajstić information content (AvgIpc) is 2.79. The number of hydrogen-bond donors (Lipinski definition) is 4. The van der Waals surface area contributed by atoms with Crippen molar-refractivity contribution >= 4 is 28.3 Å². The zero-order valence-electron chi connectivity index (χ0n) is 11.1. The predicted octanol–water partition coefficient (Wildman–Crippen LogP) is 1.69. The summed E-state index contributed by atoms with van der Waals surface area (Å²) in [5.41, 5.74) is 5.56. The van der Waals surface area contributed by atoms with Crippen LogP contribution in [0.5, 0.6) is 0 Å². The van der Waals surface area contributed by atoms with Crippen LogP contribution in [0.3, 0.4) is 0 Å². The molecule has 0 aliphatic rings. The monoisotopic (exact) mass is 298 g/mol. The second-order valence-electron chi connectivity index (χ2n) is 4.31. The quantitative estimate of drug-likeness (QED) is 0.198. The Morgan fingerprint density at radius 2 is 2.30 bits per heavy atom. The number of carbonyl (C=O) groups is 1. The van der Waals surface area contributed by atoms with E-state index in [0.717, 1.165) is 4.88 Å². The van der Waals surface area contributed by atoms with E-state index in [1.807, 2.05) is 6.92 Å². The standard InChI is InChI=1S/C11H18N6O2S/c1-2-3-7(10(18)19)8(9(12)16-17-14)4-6-5-15-11(13)20-6/h5,7-8H,2-4H2,1H3,(H2,13,15)(H,18,19)(H3,12,14,16)/t7-,8-/m0/s1. The number of carboxylic acids is 1. The summed E-state index contributed by atoms with van der Waals surface area (Å²) in [5, 5.41) is 24.2. The van der Waals surface area contributed by atoms with Crippen molar-refractivity contribution in [3.8, 4) is 0 Å². The van der Waals surface area contributed by atoms with E-state index in [-0.39, 0.29) is 5.84 Å². The topological polar surface area (TPSA) is 151 Å². The summed E-state index contributed by atoms with van der Waals surface area (Å²) >= 11 is 1.27. The van der Waals surface area contributed by atoms with Crippen molar-refractivity contribution < 1.29 is 9.90 Å². The van der Waals surface area contributed by atoms with E-state index < -0.39 is 17.8 Å². The maximum absolute atomic E-state index is 11.4. The first kappa shape index (κ1) is 16.0. The number of nitrogens with zero attached hydrogens (tertiary/aromatic N) is 3. The van der Waals surface area contributed by atoms with Gasteiger partial charge in [0, 0.05) is 17.0 Å². The normalized spacial score (nSPS) is 14.2. The SMILES string of the molecule is CCC[C@H](C(=O)O)[C@H](Cc1cnc(N)s1)C(=N)N=NN. The van der Waals surface area contributed by atoms with Crippen molar-refractivity contribution in [2.24, 2.45) is 28.0 Å². The molecule has 0 spiro atoms. The molecule has 8 nitrogen and oxygen atoms in total. The van der Waals surface area contributed by atoms with E-state index in [9.17, 15) is 9.90 Å². The van der Waals surface area contributed by atoms with Crippen molar-refractivity contribution in [2.75, 3.05) is 5.73 Å². The Balaban J connectivity index is 2.99. The van der Waals surface area contributed by atoms with Crippen LogP contribution in [0.15, 0.2) is 16.5 Å².